The minimum atomic E-state index is -0.517. The number of phenolic OH excluding ortho intramolecular Hbond substituents is 1. The van der Waals surface area contributed by atoms with Crippen molar-refractivity contribution in [2.45, 2.75) is 39.7 Å². The summed E-state index contributed by atoms with van der Waals surface area (Å²) in [6.07, 6.45) is 1.87. The van der Waals surface area contributed by atoms with E-state index in [4.69, 9.17) is 0 Å². The van der Waals surface area contributed by atoms with Gasteiger partial charge in [-0.25, -0.2) is 4.39 Å². The van der Waals surface area contributed by atoms with Gasteiger partial charge in [0, 0.05) is 24.8 Å². The molecule has 1 aliphatic heterocycles. The van der Waals surface area contributed by atoms with Crippen LogP contribution in [0.2, 0.25) is 0 Å². The number of aryl methyl sites for hydroxylation is 1. The predicted octanol–water partition coefficient (Wildman–Crippen LogP) is 4.29. The average molecular weight is 396 g/mol. The summed E-state index contributed by atoms with van der Waals surface area (Å²) in [5, 5.41) is 12.9. The van der Waals surface area contributed by atoms with Gasteiger partial charge in [-0.15, -0.1) is 0 Å². The Bertz CT molecular complexity index is 998. The smallest absolute Gasteiger partial charge is 0.257 e. The van der Waals surface area contributed by atoms with E-state index in [2.05, 4.69) is 11.9 Å². The molecule has 0 aliphatic carbocycles. The Morgan fingerprint density at radius 1 is 1.24 bits per heavy atom. The summed E-state index contributed by atoms with van der Waals surface area (Å²) in [4.78, 5) is 26.3. The zero-order valence-electron chi connectivity index (χ0n) is 16.9. The molecule has 6 heteroatoms. The molecule has 0 spiro atoms. The zero-order chi connectivity index (χ0) is 21.3. The van der Waals surface area contributed by atoms with Crippen LogP contribution in [0, 0.1) is 12.7 Å². The predicted molar refractivity (Wildman–Crippen MR) is 111 cm³/mol. The van der Waals surface area contributed by atoms with Crippen LogP contribution in [-0.4, -0.2) is 28.4 Å². The molecule has 0 saturated carbocycles. The van der Waals surface area contributed by atoms with Crippen molar-refractivity contribution in [1.29, 1.82) is 0 Å². The summed E-state index contributed by atoms with van der Waals surface area (Å²) in [5.74, 6) is -1.62. The number of halogens is 1. The third kappa shape index (κ3) is 4.16. The van der Waals surface area contributed by atoms with Crippen molar-refractivity contribution >= 4 is 17.5 Å². The molecule has 0 aromatic heterocycles. The second-order valence-corrected chi connectivity index (χ2v) is 7.65. The van der Waals surface area contributed by atoms with Crippen LogP contribution >= 0.6 is 0 Å². The summed E-state index contributed by atoms with van der Waals surface area (Å²) >= 11 is 0. The zero-order valence-corrected chi connectivity index (χ0v) is 16.9. The topological polar surface area (TPSA) is 69.6 Å². The van der Waals surface area contributed by atoms with Gasteiger partial charge in [-0.3, -0.25) is 9.59 Å². The van der Waals surface area contributed by atoms with Crippen LogP contribution in [0.1, 0.15) is 52.4 Å². The van der Waals surface area contributed by atoms with Gasteiger partial charge in [-0.2, -0.15) is 0 Å². The van der Waals surface area contributed by atoms with Crippen LogP contribution in [0.4, 0.5) is 10.1 Å². The molecule has 3 rings (SSSR count). The molecule has 1 heterocycles. The highest BCUT2D eigenvalue weighted by Gasteiger charge is 2.26. The van der Waals surface area contributed by atoms with Crippen molar-refractivity contribution in [1.82, 2.24) is 4.90 Å². The average Bonchev–Trinajstić information content (AvgIpc) is 2.67. The number of nitrogens with one attached hydrogen (secondary N) is 1. The van der Waals surface area contributed by atoms with Crippen LogP contribution in [0.25, 0.3) is 0 Å². The monoisotopic (exact) mass is 396 g/mol. The Hall–Kier alpha value is -3.15. The van der Waals surface area contributed by atoms with Gasteiger partial charge in [0.05, 0.1) is 5.56 Å². The van der Waals surface area contributed by atoms with Gasteiger partial charge in [0.1, 0.15) is 11.6 Å². The first kappa shape index (κ1) is 20.6. The maximum absolute atomic E-state index is 14.1. The van der Waals surface area contributed by atoms with E-state index in [1.54, 1.807) is 4.90 Å². The fraction of sp³-hybridized carbons (Fsp3) is 0.304. The Morgan fingerprint density at radius 3 is 2.62 bits per heavy atom. The van der Waals surface area contributed by atoms with Crippen molar-refractivity contribution in [3.8, 4) is 5.75 Å². The number of hydrogen-bond acceptors (Lipinski definition) is 3. The van der Waals surface area contributed by atoms with Crippen molar-refractivity contribution in [2.75, 3.05) is 11.9 Å². The van der Waals surface area contributed by atoms with E-state index >= 15 is 0 Å². The minimum absolute atomic E-state index is 0.103. The molecule has 152 valence electrons. The number of aromatic hydroxyl groups is 1. The number of nitrogens with zero attached hydrogens (tertiary/aromatic N) is 1. The highest BCUT2D eigenvalue weighted by atomic mass is 19.1. The summed E-state index contributed by atoms with van der Waals surface area (Å²) in [6, 6.07) is 6.34. The summed E-state index contributed by atoms with van der Waals surface area (Å²) in [7, 11) is 0. The number of fused-ring (bicyclic) bond motifs is 1. The third-order valence-corrected chi connectivity index (χ3v) is 5.26. The van der Waals surface area contributed by atoms with Crippen LogP contribution in [0.3, 0.4) is 0 Å². The Balaban J connectivity index is 1.90. The normalized spacial score (nSPS) is 13.2. The second-order valence-electron chi connectivity index (χ2n) is 7.65. The van der Waals surface area contributed by atoms with Crippen LogP contribution in [-0.2, 0) is 17.8 Å². The van der Waals surface area contributed by atoms with Crippen molar-refractivity contribution in [3.05, 3.63) is 70.6 Å². The number of hydrogen-bond donors (Lipinski definition) is 2. The van der Waals surface area contributed by atoms with Crippen molar-refractivity contribution in [2.24, 2.45) is 0 Å². The van der Waals surface area contributed by atoms with Crippen LogP contribution in [0.15, 0.2) is 36.9 Å². The lowest BCUT2D eigenvalue weighted by molar-refractivity contribution is -0.111. The van der Waals surface area contributed by atoms with E-state index in [0.717, 1.165) is 22.8 Å². The second kappa shape index (κ2) is 8.07. The molecule has 0 fully saturated rings. The quantitative estimate of drug-likeness (QED) is 0.758. The lowest BCUT2D eigenvalue weighted by atomic mass is 9.95. The Labute approximate surface area is 169 Å². The third-order valence-electron chi connectivity index (χ3n) is 5.26. The fourth-order valence-corrected chi connectivity index (χ4v) is 3.59. The molecule has 2 aromatic rings. The number of amides is 2. The maximum atomic E-state index is 14.1. The Kier molecular flexibility index (Phi) is 5.73. The van der Waals surface area contributed by atoms with Crippen molar-refractivity contribution < 1.29 is 19.1 Å². The minimum Gasteiger partial charge on any atom is -0.507 e. The van der Waals surface area contributed by atoms with Crippen molar-refractivity contribution in [3.63, 3.8) is 0 Å². The molecule has 0 unspecified atom stereocenters. The first-order chi connectivity index (χ1) is 13.7. The molecule has 5 nitrogen and oxygen atoms in total. The standard InChI is InChI=1S/C23H25FN2O3/c1-5-22(28)25-20-9-16-12-26(7-6-15(16)8-14(20)4)23(29)18-10-17(13(2)3)19(24)11-21(18)27/h5,8-11,13,27H,1,6-7,12H2,2-4H3,(H,25,28). The Morgan fingerprint density at radius 2 is 1.97 bits per heavy atom. The van der Waals surface area contributed by atoms with E-state index in [1.807, 2.05) is 32.9 Å². The van der Waals surface area contributed by atoms with E-state index in [-0.39, 0.29) is 29.0 Å². The lowest BCUT2D eigenvalue weighted by Crippen LogP contribution is -2.36. The van der Waals surface area contributed by atoms with Crippen LogP contribution in [0.5, 0.6) is 5.75 Å². The van der Waals surface area contributed by atoms with E-state index in [1.165, 1.54) is 12.1 Å². The van der Waals surface area contributed by atoms with E-state index < -0.39 is 5.82 Å². The number of rotatable bonds is 4. The molecule has 1 aliphatic rings. The first-order valence-corrected chi connectivity index (χ1v) is 9.58. The van der Waals surface area contributed by atoms with Gasteiger partial charge < -0.3 is 15.3 Å². The van der Waals surface area contributed by atoms with Gasteiger partial charge in [0.2, 0.25) is 5.91 Å². The fourth-order valence-electron chi connectivity index (χ4n) is 3.59. The molecule has 0 radical (unpaired) electrons. The van der Waals surface area contributed by atoms with Crippen LogP contribution < -0.4 is 5.32 Å². The molecule has 0 saturated heterocycles. The van der Waals surface area contributed by atoms with E-state index in [9.17, 15) is 19.1 Å². The van der Waals surface area contributed by atoms with Gasteiger partial charge in [0.15, 0.2) is 0 Å². The molecule has 29 heavy (non-hydrogen) atoms. The van der Waals surface area contributed by atoms with Gasteiger partial charge in [-0.1, -0.05) is 26.5 Å². The molecular weight excluding hydrogens is 371 g/mol. The van der Waals surface area contributed by atoms with E-state index in [0.29, 0.717) is 30.8 Å². The highest BCUT2D eigenvalue weighted by Crippen LogP contribution is 2.31. The summed E-state index contributed by atoms with van der Waals surface area (Å²) < 4.78 is 14.1. The largest absolute Gasteiger partial charge is 0.507 e. The number of carbonyl (C=O) groups excluding carboxylic acids is 2. The molecule has 0 bridgehead atoms. The molecule has 2 aromatic carbocycles. The highest BCUT2D eigenvalue weighted by molar-refractivity contribution is 5.99. The van der Waals surface area contributed by atoms with Gasteiger partial charge >= 0.3 is 0 Å². The molecule has 2 N–H and O–H groups in total. The first-order valence-electron chi connectivity index (χ1n) is 9.58. The number of anilines is 1. The SMILES string of the molecule is C=CC(=O)Nc1cc2c(cc1C)CCN(C(=O)c1cc(C(C)C)c(F)cc1O)C2. The molecule has 2 amide bonds. The number of phenols is 1. The van der Waals surface area contributed by atoms with Gasteiger partial charge in [-0.05, 0) is 59.7 Å². The summed E-state index contributed by atoms with van der Waals surface area (Å²) in [6.45, 7) is 9.89. The maximum Gasteiger partial charge on any atom is 0.257 e. The number of benzene rings is 2. The molecular formula is C23H25FN2O3. The molecule has 0 atom stereocenters. The number of carbonyl (C=O) groups is 2. The lowest BCUT2D eigenvalue weighted by Gasteiger charge is -2.30. The summed E-state index contributed by atoms with van der Waals surface area (Å²) in [5.41, 5.74) is 4.17. The van der Waals surface area contributed by atoms with Gasteiger partial charge in [0.25, 0.3) is 5.91 Å².